The van der Waals surface area contributed by atoms with Crippen LogP contribution in [0.4, 0.5) is 0 Å². The smallest absolute Gasteiger partial charge is 0.222 e. The molecule has 0 aliphatic carbocycles. The molecule has 1 saturated heterocycles. The molecule has 1 unspecified atom stereocenters. The fourth-order valence-corrected chi connectivity index (χ4v) is 1.87. The van der Waals surface area contributed by atoms with Crippen LogP contribution in [0.15, 0.2) is 24.3 Å². The molecule has 1 heterocycles. The topological polar surface area (TPSA) is 20.3 Å². The summed E-state index contributed by atoms with van der Waals surface area (Å²) in [6.07, 6.45) is 2.50. The molecule has 1 rings (SSSR count). The summed E-state index contributed by atoms with van der Waals surface area (Å²) in [6.45, 7) is 13.5. The lowest BCUT2D eigenvalue weighted by Gasteiger charge is -2.16. The number of carbonyl (C=O) groups is 1. The summed E-state index contributed by atoms with van der Waals surface area (Å²) in [5, 5.41) is 0. The highest BCUT2D eigenvalue weighted by Crippen LogP contribution is 2.23. The van der Waals surface area contributed by atoms with E-state index in [2.05, 4.69) is 13.2 Å². The minimum Gasteiger partial charge on any atom is -0.342 e. The number of hydrogen-bond donors (Lipinski definition) is 0. The molecular weight excluding hydrogens is 186 g/mol. The average Bonchev–Trinajstić information content (AvgIpc) is 2.62. The maximum absolute atomic E-state index is 11.8. The van der Waals surface area contributed by atoms with E-state index >= 15 is 0 Å². The average molecular weight is 207 g/mol. The predicted octanol–water partition coefficient (Wildman–Crippen LogP) is 2.77. The van der Waals surface area contributed by atoms with Crippen molar-refractivity contribution in [2.75, 3.05) is 13.1 Å². The van der Waals surface area contributed by atoms with Crippen molar-refractivity contribution in [3.05, 3.63) is 24.3 Å². The Labute approximate surface area is 92.7 Å². The second-order valence-corrected chi connectivity index (χ2v) is 4.63. The Morgan fingerprint density at radius 1 is 1.33 bits per heavy atom. The number of hydrogen-bond acceptors (Lipinski definition) is 1. The fraction of sp³-hybridized carbons (Fsp3) is 0.615. The van der Waals surface area contributed by atoms with Crippen molar-refractivity contribution < 1.29 is 4.79 Å². The van der Waals surface area contributed by atoms with E-state index in [0.29, 0.717) is 12.3 Å². The van der Waals surface area contributed by atoms with Gasteiger partial charge < -0.3 is 4.90 Å². The molecule has 0 saturated carbocycles. The Balaban J connectivity index is 2.36. The number of allylic oxidation sites excluding steroid dienone is 1. The molecule has 1 atom stereocenters. The molecule has 84 valence electrons. The molecule has 1 aliphatic heterocycles. The van der Waals surface area contributed by atoms with Gasteiger partial charge in [0.25, 0.3) is 0 Å². The van der Waals surface area contributed by atoms with Crippen LogP contribution in [0, 0.1) is 5.92 Å². The van der Waals surface area contributed by atoms with Gasteiger partial charge in [-0.15, -0.1) is 6.58 Å². The highest BCUT2D eigenvalue weighted by atomic mass is 16.2. The Morgan fingerprint density at radius 3 is 2.47 bits per heavy atom. The number of amides is 1. The van der Waals surface area contributed by atoms with Gasteiger partial charge in [-0.05, 0) is 32.6 Å². The van der Waals surface area contributed by atoms with Gasteiger partial charge in [-0.3, -0.25) is 4.79 Å². The Hall–Kier alpha value is -1.05. The SMILES string of the molecule is C=C(C)CCC(=O)N1CCC(C(=C)C)C1. The van der Waals surface area contributed by atoms with E-state index in [1.165, 1.54) is 5.57 Å². The van der Waals surface area contributed by atoms with E-state index in [4.69, 9.17) is 0 Å². The standard InChI is InChI=1S/C13H21NO/c1-10(2)5-6-13(15)14-8-7-12(9-14)11(3)4/h12H,1,3,5-9H2,2,4H3. The van der Waals surface area contributed by atoms with Crippen LogP contribution in [0.25, 0.3) is 0 Å². The van der Waals surface area contributed by atoms with Crippen LogP contribution < -0.4 is 0 Å². The molecule has 0 aromatic heterocycles. The van der Waals surface area contributed by atoms with Crippen LogP contribution in [0.5, 0.6) is 0 Å². The molecule has 2 nitrogen and oxygen atoms in total. The van der Waals surface area contributed by atoms with Crippen LogP contribution in [-0.2, 0) is 4.79 Å². The molecular formula is C13H21NO. The minimum absolute atomic E-state index is 0.266. The monoisotopic (exact) mass is 207 g/mol. The van der Waals surface area contributed by atoms with Crippen molar-refractivity contribution in [3.8, 4) is 0 Å². The van der Waals surface area contributed by atoms with Crippen LogP contribution in [0.2, 0.25) is 0 Å². The van der Waals surface area contributed by atoms with Crippen molar-refractivity contribution in [1.82, 2.24) is 4.90 Å². The first-order valence-corrected chi connectivity index (χ1v) is 5.58. The molecule has 0 bridgehead atoms. The van der Waals surface area contributed by atoms with E-state index < -0.39 is 0 Å². The number of nitrogens with zero attached hydrogens (tertiary/aromatic N) is 1. The third-order valence-corrected chi connectivity index (χ3v) is 3.00. The van der Waals surface area contributed by atoms with E-state index in [1.807, 2.05) is 18.7 Å². The first kappa shape index (κ1) is 12.0. The summed E-state index contributed by atoms with van der Waals surface area (Å²) in [7, 11) is 0. The van der Waals surface area contributed by atoms with Crippen LogP contribution in [0.1, 0.15) is 33.1 Å². The molecule has 1 amide bonds. The van der Waals surface area contributed by atoms with Gasteiger partial charge in [0.15, 0.2) is 0 Å². The number of likely N-dealkylation sites (tertiary alicyclic amines) is 1. The summed E-state index contributed by atoms with van der Waals surface area (Å²) in [4.78, 5) is 13.7. The highest BCUT2D eigenvalue weighted by molar-refractivity contribution is 5.76. The zero-order valence-electron chi connectivity index (χ0n) is 9.88. The third kappa shape index (κ3) is 3.54. The molecule has 0 N–H and O–H groups in total. The largest absolute Gasteiger partial charge is 0.342 e. The maximum atomic E-state index is 11.8. The summed E-state index contributed by atoms with van der Waals surface area (Å²) < 4.78 is 0. The van der Waals surface area contributed by atoms with Crippen molar-refractivity contribution in [2.24, 2.45) is 5.92 Å². The molecule has 2 heteroatoms. The van der Waals surface area contributed by atoms with Crippen LogP contribution in [0.3, 0.4) is 0 Å². The van der Waals surface area contributed by atoms with Crippen molar-refractivity contribution in [3.63, 3.8) is 0 Å². The van der Waals surface area contributed by atoms with Crippen molar-refractivity contribution >= 4 is 5.91 Å². The minimum atomic E-state index is 0.266. The summed E-state index contributed by atoms with van der Waals surface area (Å²) in [5.74, 6) is 0.778. The van der Waals surface area contributed by atoms with Crippen molar-refractivity contribution in [2.45, 2.75) is 33.1 Å². The lowest BCUT2D eigenvalue weighted by molar-refractivity contribution is -0.130. The van der Waals surface area contributed by atoms with Crippen LogP contribution in [-0.4, -0.2) is 23.9 Å². The Bertz CT molecular complexity index is 280. The second-order valence-electron chi connectivity index (χ2n) is 4.63. The Morgan fingerprint density at radius 2 is 2.00 bits per heavy atom. The highest BCUT2D eigenvalue weighted by Gasteiger charge is 2.25. The lowest BCUT2D eigenvalue weighted by Crippen LogP contribution is -2.28. The summed E-state index contributed by atoms with van der Waals surface area (Å²) in [5.41, 5.74) is 2.28. The summed E-state index contributed by atoms with van der Waals surface area (Å²) in [6, 6.07) is 0. The fourth-order valence-electron chi connectivity index (χ4n) is 1.87. The number of carbonyl (C=O) groups excluding carboxylic acids is 1. The number of rotatable bonds is 4. The first-order chi connectivity index (χ1) is 7.00. The van der Waals surface area contributed by atoms with E-state index in [0.717, 1.165) is 31.5 Å². The zero-order valence-corrected chi connectivity index (χ0v) is 9.88. The van der Waals surface area contributed by atoms with Gasteiger partial charge in [0.1, 0.15) is 0 Å². The van der Waals surface area contributed by atoms with Gasteiger partial charge in [-0.2, -0.15) is 0 Å². The van der Waals surface area contributed by atoms with Gasteiger partial charge >= 0.3 is 0 Å². The van der Waals surface area contributed by atoms with E-state index in [1.54, 1.807) is 0 Å². The predicted molar refractivity (Wildman–Crippen MR) is 63.5 cm³/mol. The molecule has 1 aliphatic rings. The maximum Gasteiger partial charge on any atom is 0.222 e. The van der Waals surface area contributed by atoms with Gasteiger partial charge in [-0.25, -0.2) is 0 Å². The van der Waals surface area contributed by atoms with Crippen LogP contribution >= 0.6 is 0 Å². The van der Waals surface area contributed by atoms with Gasteiger partial charge in [0.2, 0.25) is 5.91 Å². The first-order valence-electron chi connectivity index (χ1n) is 5.58. The lowest BCUT2D eigenvalue weighted by atomic mass is 10.0. The molecule has 0 spiro atoms. The Kier molecular flexibility index (Phi) is 4.13. The summed E-state index contributed by atoms with van der Waals surface area (Å²) >= 11 is 0. The quantitative estimate of drug-likeness (QED) is 0.649. The van der Waals surface area contributed by atoms with Gasteiger partial charge in [-0.1, -0.05) is 17.7 Å². The van der Waals surface area contributed by atoms with Gasteiger partial charge in [0, 0.05) is 19.5 Å². The molecule has 15 heavy (non-hydrogen) atoms. The van der Waals surface area contributed by atoms with E-state index in [-0.39, 0.29) is 5.91 Å². The third-order valence-electron chi connectivity index (χ3n) is 3.00. The molecule has 0 aromatic carbocycles. The molecule has 1 fully saturated rings. The van der Waals surface area contributed by atoms with Gasteiger partial charge in [0.05, 0.1) is 0 Å². The normalized spacial score (nSPS) is 20.4. The molecule has 0 aromatic rings. The van der Waals surface area contributed by atoms with E-state index in [9.17, 15) is 4.79 Å². The van der Waals surface area contributed by atoms with Crippen molar-refractivity contribution in [1.29, 1.82) is 0 Å². The second kappa shape index (κ2) is 5.15. The molecule has 0 radical (unpaired) electrons. The zero-order chi connectivity index (χ0) is 11.4.